The number of oxazole rings is 1. The van der Waals surface area contributed by atoms with Crippen LogP contribution in [0.4, 0.5) is 4.79 Å². The van der Waals surface area contributed by atoms with Crippen molar-refractivity contribution in [2.75, 3.05) is 13.1 Å². The largest absolute Gasteiger partial charge is 0.439 e. The van der Waals surface area contributed by atoms with E-state index in [2.05, 4.69) is 10.3 Å². The van der Waals surface area contributed by atoms with E-state index in [0.717, 1.165) is 12.0 Å². The van der Waals surface area contributed by atoms with Crippen LogP contribution in [0.2, 0.25) is 0 Å². The van der Waals surface area contributed by atoms with Gasteiger partial charge >= 0.3 is 6.03 Å². The number of rotatable bonds is 3. The summed E-state index contributed by atoms with van der Waals surface area (Å²) in [5, 5.41) is 12.6. The summed E-state index contributed by atoms with van der Waals surface area (Å²) in [6.07, 6.45) is 2.01. The van der Waals surface area contributed by atoms with E-state index < -0.39 is 6.10 Å². The van der Waals surface area contributed by atoms with Crippen molar-refractivity contribution in [1.29, 1.82) is 0 Å². The molecule has 23 heavy (non-hydrogen) atoms. The molecular weight excluding hydrogens is 294 g/mol. The number of hydrogen-bond donors (Lipinski definition) is 2. The molecule has 0 radical (unpaired) electrons. The van der Waals surface area contributed by atoms with Crippen LogP contribution in [0.3, 0.4) is 0 Å². The standard InChI is InChI=1S/C17H21N3O3/c1-12-7-8-20(11-14(12)21)17(22)19-10-16-18-9-15(23-16)13-5-3-2-4-6-13/h2-6,9,12,14,21H,7-8,10-11H2,1H3,(H,19,22). The van der Waals surface area contributed by atoms with Gasteiger partial charge in [0.05, 0.1) is 18.8 Å². The quantitative estimate of drug-likeness (QED) is 0.910. The van der Waals surface area contributed by atoms with Crippen LogP contribution in [0.1, 0.15) is 19.2 Å². The predicted molar refractivity (Wildman–Crippen MR) is 85.5 cm³/mol. The third kappa shape index (κ3) is 3.71. The second-order valence-electron chi connectivity index (χ2n) is 5.92. The highest BCUT2D eigenvalue weighted by molar-refractivity contribution is 5.74. The van der Waals surface area contributed by atoms with Gasteiger partial charge in [-0.05, 0) is 12.3 Å². The van der Waals surface area contributed by atoms with Gasteiger partial charge in [0.25, 0.3) is 0 Å². The second-order valence-corrected chi connectivity index (χ2v) is 5.92. The normalized spacial score (nSPS) is 21.2. The van der Waals surface area contributed by atoms with Crippen molar-refractivity contribution in [1.82, 2.24) is 15.2 Å². The fourth-order valence-electron chi connectivity index (χ4n) is 2.62. The van der Waals surface area contributed by atoms with E-state index in [1.54, 1.807) is 11.1 Å². The lowest BCUT2D eigenvalue weighted by molar-refractivity contribution is 0.0434. The number of benzene rings is 1. The van der Waals surface area contributed by atoms with Gasteiger partial charge in [-0.25, -0.2) is 9.78 Å². The lowest BCUT2D eigenvalue weighted by Crippen LogP contribution is -2.49. The fourth-order valence-corrected chi connectivity index (χ4v) is 2.62. The molecule has 2 heterocycles. The minimum atomic E-state index is -0.457. The molecule has 0 spiro atoms. The molecule has 2 N–H and O–H groups in total. The van der Waals surface area contributed by atoms with Crippen LogP contribution in [-0.4, -0.2) is 40.2 Å². The van der Waals surface area contributed by atoms with Crippen LogP contribution in [0.5, 0.6) is 0 Å². The van der Waals surface area contributed by atoms with E-state index in [9.17, 15) is 9.90 Å². The molecule has 1 saturated heterocycles. The molecule has 0 aliphatic carbocycles. The lowest BCUT2D eigenvalue weighted by atomic mass is 9.96. The van der Waals surface area contributed by atoms with Crippen molar-refractivity contribution in [2.45, 2.75) is 26.0 Å². The number of β-amino-alcohol motifs (C(OH)–C–C–N with tert-alkyl or cyclic N) is 1. The van der Waals surface area contributed by atoms with Gasteiger partial charge in [-0.1, -0.05) is 37.3 Å². The number of hydrogen-bond acceptors (Lipinski definition) is 4. The Hall–Kier alpha value is -2.34. The first kappa shape index (κ1) is 15.6. The van der Waals surface area contributed by atoms with Crippen molar-refractivity contribution in [3.8, 4) is 11.3 Å². The number of urea groups is 1. The van der Waals surface area contributed by atoms with Gasteiger partial charge < -0.3 is 19.7 Å². The van der Waals surface area contributed by atoms with E-state index >= 15 is 0 Å². The van der Waals surface area contributed by atoms with E-state index in [1.165, 1.54) is 0 Å². The van der Waals surface area contributed by atoms with E-state index in [4.69, 9.17) is 4.42 Å². The highest BCUT2D eigenvalue weighted by Crippen LogP contribution is 2.20. The summed E-state index contributed by atoms with van der Waals surface area (Å²) in [6, 6.07) is 9.49. The van der Waals surface area contributed by atoms with E-state index in [0.29, 0.717) is 24.7 Å². The molecule has 122 valence electrons. The maximum atomic E-state index is 12.1. The van der Waals surface area contributed by atoms with Crippen LogP contribution in [-0.2, 0) is 6.54 Å². The molecule has 6 heteroatoms. The summed E-state index contributed by atoms with van der Waals surface area (Å²) < 4.78 is 5.65. The maximum absolute atomic E-state index is 12.1. The summed E-state index contributed by atoms with van der Waals surface area (Å²) in [6.45, 7) is 3.25. The number of nitrogens with zero attached hydrogens (tertiary/aromatic N) is 2. The smallest absolute Gasteiger partial charge is 0.317 e. The molecular formula is C17H21N3O3. The molecule has 0 saturated carbocycles. The molecule has 6 nitrogen and oxygen atoms in total. The molecule has 1 aromatic carbocycles. The van der Waals surface area contributed by atoms with Crippen LogP contribution < -0.4 is 5.32 Å². The second kappa shape index (κ2) is 6.83. The van der Waals surface area contributed by atoms with Gasteiger partial charge in [-0.15, -0.1) is 0 Å². The van der Waals surface area contributed by atoms with Crippen molar-refractivity contribution >= 4 is 6.03 Å². The molecule has 2 aromatic rings. The van der Waals surface area contributed by atoms with Crippen LogP contribution in [0, 0.1) is 5.92 Å². The van der Waals surface area contributed by atoms with Gasteiger partial charge in [0.1, 0.15) is 0 Å². The van der Waals surface area contributed by atoms with Crippen molar-refractivity contribution in [2.24, 2.45) is 5.92 Å². The molecule has 1 aliphatic heterocycles. The number of aliphatic hydroxyl groups excluding tert-OH is 1. The van der Waals surface area contributed by atoms with Crippen molar-refractivity contribution in [3.63, 3.8) is 0 Å². The highest BCUT2D eigenvalue weighted by atomic mass is 16.4. The SMILES string of the molecule is CC1CCN(C(=O)NCc2ncc(-c3ccccc3)o2)CC1O. The lowest BCUT2D eigenvalue weighted by Gasteiger charge is -2.34. The molecule has 0 bridgehead atoms. The highest BCUT2D eigenvalue weighted by Gasteiger charge is 2.27. The average molecular weight is 315 g/mol. The average Bonchev–Trinajstić information content (AvgIpc) is 3.05. The summed E-state index contributed by atoms with van der Waals surface area (Å²) in [7, 11) is 0. The molecule has 2 unspecified atom stereocenters. The third-order valence-corrected chi connectivity index (χ3v) is 4.21. The molecule has 1 aliphatic rings. The van der Waals surface area contributed by atoms with Gasteiger partial charge in [-0.3, -0.25) is 0 Å². The summed E-state index contributed by atoms with van der Waals surface area (Å²) in [5.41, 5.74) is 0.950. The summed E-state index contributed by atoms with van der Waals surface area (Å²) >= 11 is 0. The topological polar surface area (TPSA) is 78.6 Å². The third-order valence-electron chi connectivity index (χ3n) is 4.21. The number of piperidine rings is 1. The Morgan fingerprint density at radius 2 is 2.22 bits per heavy atom. The number of nitrogens with one attached hydrogen (secondary N) is 1. The first-order chi connectivity index (χ1) is 11.1. The van der Waals surface area contributed by atoms with E-state index in [-0.39, 0.29) is 18.5 Å². The van der Waals surface area contributed by atoms with Crippen LogP contribution >= 0.6 is 0 Å². The van der Waals surface area contributed by atoms with Gasteiger partial charge in [-0.2, -0.15) is 0 Å². The van der Waals surface area contributed by atoms with Crippen molar-refractivity contribution < 1.29 is 14.3 Å². The Bertz CT molecular complexity index is 656. The zero-order valence-electron chi connectivity index (χ0n) is 13.1. The molecule has 2 amide bonds. The number of carbonyl (C=O) groups excluding carboxylic acids is 1. The summed E-state index contributed by atoms with van der Waals surface area (Å²) in [5.74, 6) is 1.37. The number of aromatic nitrogens is 1. The maximum Gasteiger partial charge on any atom is 0.317 e. The van der Waals surface area contributed by atoms with Gasteiger partial charge in [0, 0.05) is 18.7 Å². The van der Waals surface area contributed by atoms with Gasteiger partial charge in [0.15, 0.2) is 5.76 Å². The zero-order chi connectivity index (χ0) is 16.2. The predicted octanol–water partition coefficient (Wildman–Crippen LogP) is 2.25. The van der Waals surface area contributed by atoms with Crippen molar-refractivity contribution in [3.05, 3.63) is 42.4 Å². The monoisotopic (exact) mass is 315 g/mol. The Labute approximate surface area is 135 Å². The number of carbonyl (C=O) groups is 1. The van der Waals surface area contributed by atoms with E-state index in [1.807, 2.05) is 37.3 Å². The molecule has 1 fully saturated rings. The molecule has 1 aromatic heterocycles. The molecule has 3 rings (SSSR count). The fraction of sp³-hybridized carbons (Fsp3) is 0.412. The first-order valence-electron chi connectivity index (χ1n) is 7.84. The minimum absolute atomic E-state index is 0.199. The zero-order valence-corrected chi connectivity index (χ0v) is 13.1. The van der Waals surface area contributed by atoms with Crippen LogP contribution in [0.25, 0.3) is 11.3 Å². The summed E-state index contributed by atoms with van der Waals surface area (Å²) in [4.78, 5) is 18.0. The Balaban J connectivity index is 1.55. The van der Waals surface area contributed by atoms with Crippen LogP contribution in [0.15, 0.2) is 40.9 Å². The minimum Gasteiger partial charge on any atom is -0.439 e. The molecule has 2 atom stereocenters. The Kier molecular flexibility index (Phi) is 4.62. The first-order valence-corrected chi connectivity index (χ1v) is 7.84. The van der Waals surface area contributed by atoms with Gasteiger partial charge in [0.2, 0.25) is 5.89 Å². The number of amides is 2. The number of aliphatic hydroxyl groups is 1. The Morgan fingerprint density at radius 3 is 2.96 bits per heavy atom. The number of likely N-dealkylation sites (tertiary alicyclic amines) is 1. The Morgan fingerprint density at radius 1 is 1.43 bits per heavy atom.